The first-order valence-corrected chi connectivity index (χ1v) is 9.40. The van der Waals surface area contributed by atoms with E-state index in [1.54, 1.807) is 7.11 Å². The van der Waals surface area contributed by atoms with E-state index in [0.717, 1.165) is 61.9 Å². The van der Waals surface area contributed by atoms with Crippen LogP contribution < -0.4 is 9.47 Å². The topological polar surface area (TPSA) is 30.9 Å². The van der Waals surface area contributed by atoms with Crippen molar-refractivity contribution in [3.8, 4) is 11.5 Å². The Morgan fingerprint density at radius 3 is 2.54 bits per heavy atom. The second-order valence-corrected chi connectivity index (χ2v) is 6.96. The third-order valence-electron chi connectivity index (χ3n) is 4.65. The van der Waals surface area contributed by atoms with Crippen LogP contribution in [0.5, 0.6) is 11.5 Å². The molecule has 1 atom stereocenters. The van der Waals surface area contributed by atoms with E-state index < -0.39 is 0 Å². The van der Waals surface area contributed by atoms with Crippen molar-refractivity contribution in [1.82, 2.24) is 4.90 Å². The summed E-state index contributed by atoms with van der Waals surface area (Å²) in [6.07, 6.45) is 0.819. The predicted molar refractivity (Wildman–Crippen MR) is 104 cm³/mol. The third-order valence-corrected chi connectivity index (χ3v) is 4.97. The van der Waals surface area contributed by atoms with E-state index >= 15 is 0 Å². The molecule has 1 fully saturated rings. The van der Waals surface area contributed by atoms with Gasteiger partial charge in [0.25, 0.3) is 0 Å². The van der Waals surface area contributed by atoms with Crippen LogP contribution in [0.25, 0.3) is 0 Å². The Balaban J connectivity index is 1.76. The molecule has 0 radical (unpaired) electrons. The van der Waals surface area contributed by atoms with Crippen molar-refractivity contribution in [2.45, 2.75) is 19.4 Å². The quantitative estimate of drug-likeness (QED) is 0.713. The second kappa shape index (κ2) is 9.26. The maximum Gasteiger partial charge on any atom is 0.139 e. The predicted octanol–water partition coefficient (Wildman–Crippen LogP) is 4.50. The molecule has 2 aromatic carbocycles. The molecule has 1 unspecified atom stereocenters. The fraction of sp³-hybridized carbons (Fsp3) is 0.429. The smallest absolute Gasteiger partial charge is 0.139 e. The number of benzene rings is 2. The molecule has 0 amide bonds. The number of ether oxygens (including phenoxy) is 3. The van der Waals surface area contributed by atoms with Crippen LogP contribution in [0.2, 0.25) is 5.02 Å². The summed E-state index contributed by atoms with van der Waals surface area (Å²) in [5.41, 5.74) is 2.25. The highest BCUT2D eigenvalue weighted by molar-refractivity contribution is 6.32. The number of rotatable bonds is 7. The zero-order valence-corrected chi connectivity index (χ0v) is 16.2. The Kier molecular flexibility index (Phi) is 6.78. The summed E-state index contributed by atoms with van der Waals surface area (Å²) in [7, 11) is 1.67. The lowest BCUT2D eigenvalue weighted by atomic mass is 10.1. The highest BCUT2D eigenvalue weighted by Gasteiger charge is 2.18. The summed E-state index contributed by atoms with van der Waals surface area (Å²) in [5, 5.41) is 0.639. The lowest BCUT2D eigenvalue weighted by Crippen LogP contribution is -2.37. The molecule has 1 heterocycles. The van der Waals surface area contributed by atoms with Gasteiger partial charge in [-0.2, -0.15) is 0 Å². The van der Waals surface area contributed by atoms with Gasteiger partial charge in [-0.25, -0.2) is 0 Å². The van der Waals surface area contributed by atoms with Crippen LogP contribution in [0.1, 0.15) is 23.7 Å². The van der Waals surface area contributed by atoms with Gasteiger partial charge in [0.15, 0.2) is 0 Å². The maximum absolute atomic E-state index is 6.35. The normalized spacial score (nSPS) is 16.3. The van der Waals surface area contributed by atoms with Gasteiger partial charge in [0.1, 0.15) is 17.6 Å². The molecule has 1 aliphatic rings. The Bertz CT molecular complexity index is 699. The highest BCUT2D eigenvalue weighted by Crippen LogP contribution is 2.32. The number of morpholine rings is 1. The number of hydrogen-bond donors (Lipinski definition) is 0. The van der Waals surface area contributed by atoms with E-state index in [4.69, 9.17) is 25.8 Å². The average molecular weight is 376 g/mol. The first-order valence-electron chi connectivity index (χ1n) is 9.02. The SMILES string of the molecule is COc1ccc(C(CCN2CCOCC2)Oc2cc(C)ccc2Cl)cc1. The van der Waals surface area contributed by atoms with E-state index in [9.17, 15) is 0 Å². The van der Waals surface area contributed by atoms with Crippen molar-refractivity contribution >= 4 is 11.6 Å². The molecule has 0 saturated carbocycles. The first kappa shape index (κ1) is 19.0. The highest BCUT2D eigenvalue weighted by atomic mass is 35.5. The van der Waals surface area contributed by atoms with Crippen molar-refractivity contribution in [2.75, 3.05) is 40.0 Å². The maximum atomic E-state index is 6.35. The molecule has 26 heavy (non-hydrogen) atoms. The Morgan fingerprint density at radius 2 is 1.85 bits per heavy atom. The van der Waals surface area contributed by atoms with Gasteiger partial charge in [-0.15, -0.1) is 0 Å². The van der Waals surface area contributed by atoms with E-state index in [0.29, 0.717) is 5.02 Å². The molecule has 0 spiro atoms. The fourth-order valence-electron chi connectivity index (χ4n) is 3.09. The second-order valence-electron chi connectivity index (χ2n) is 6.56. The Labute approximate surface area is 160 Å². The minimum absolute atomic E-state index is 0.0666. The number of aryl methyl sites for hydroxylation is 1. The number of nitrogens with zero attached hydrogens (tertiary/aromatic N) is 1. The summed E-state index contributed by atoms with van der Waals surface area (Å²) in [5.74, 6) is 1.57. The molecule has 2 aromatic rings. The summed E-state index contributed by atoms with van der Waals surface area (Å²) in [6.45, 7) is 6.55. The zero-order valence-electron chi connectivity index (χ0n) is 15.4. The summed E-state index contributed by atoms with van der Waals surface area (Å²) >= 11 is 6.35. The van der Waals surface area contributed by atoms with Crippen LogP contribution in [0, 0.1) is 6.92 Å². The summed E-state index contributed by atoms with van der Waals surface area (Å²) in [4.78, 5) is 2.42. The van der Waals surface area contributed by atoms with Gasteiger partial charge in [0.05, 0.1) is 25.3 Å². The van der Waals surface area contributed by atoms with E-state index in [-0.39, 0.29) is 6.10 Å². The summed E-state index contributed by atoms with van der Waals surface area (Å²) < 4.78 is 17.1. The van der Waals surface area contributed by atoms with Crippen LogP contribution in [-0.2, 0) is 4.74 Å². The van der Waals surface area contributed by atoms with Crippen LogP contribution in [0.4, 0.5) is 0 Å². The molecule has 0 aliphatic carbocycles. The largest absolute Gasteiger partial charge is 0.497 e. The average Bonchev–Trinajstić information content (AvgIpc) is 2.68. The van der Waals surface area contributed by atoms with Crippen molar-refractivity contribution in [3.63, 3.8) is 0 Å². The molecule has 0 bridgehead atoms. The molecule has 3 rings (SSSR count). The van der Waals surface area contributed by atoms with Gasteiger partial charge < -0.3 is 14.2 Å². The molecule has 140 valence electrons. The van der Waals surface area contributed by atoms with Gasteiger partial charge in [-0.05, 0) is 42.3 Å². The van der Waals surface area contributed by atoms with Crippen LogP contribution in [-0.4, -0.2) is 44.9 Å². The van der Waals surface area contributed by atoms with Gasteiger partial charge in [0, 0.05) is 26.1 Å². The molecule has 0 N–H and O–H groups in total. The van der Waals surface area contributed by atoms with Crippen molar-refractivity contribution < 1.29 is 14.2 Å². The van der Waals surface area contributed by atoms with Gasteiger partial charge >= 0.3 is 0 Å². The number of halogens is 1. The number of hydrogen-bond acceptors (Lipinski definition) is 4. The zero-order chi connectivity index (χ0) is 18.4. The Morgan fingerprint density at radius 1 is 1.12 bits per heavy atom. The monoisotopic (exact) mass is 375 g/mol. The molecule has 1 saturated heterocycles. The Hall–Kier alpha value is -1.75. The standard InChI is InChI=1S/C21H26ClNO3/c1-16-3-8-19(22)21(15-16)26-20(9-10-23-11-13-25-14-12-23)17-4-6-18(24-2)7-5-17/h3-8,15,20H,9-14H2,1-2H3. The van der Waals surface area contributed by atoms with Crippen LogP contribution in [0.15, 0.2) is 42.5 Å². The fourth-order valence-corrected chi connectivity index (χ4v) is 3.25. The van der Waals surface area contributed by atoms with Crippen LogP contribution in [0.3, 0.4) is 0 Å². The first-order chi connectivity index (χ1) is 12.7. The molecule has 4 nitrogen and oxygen atoms in total. The van der Waals surface area contributed by atoms with Gasteiger partial charge in [-0.3, -0.25) is 4.90 Å². The molecule has 1 aliphatic heterocycles. The lowest BCUT2D eigenvalue weighted by molar-refractivity contribution is 0.0317. The summed E-state index contributed by atoms with van der Waals surface area (Å²) in [6, 6.07) is 13.9. The molecular weight excluding hydrogens is 350 g/mol. The van der Waals surface area contributed by atoms with Crippen molar-refractivity contribution in [1.29, 1.82) is 0 Å². The lowest BCUT2D eigenvalue weighted by Gasteiger charge is -2.29. The molecule has 5 heteroatoms. The van der Waals surface area contributed by atoms with Crippen molar-refractivity contribution in [3.05, 3.63) is 58.6 Å². The van der Waals surface area contributed by atoms with E-state index in [1.807, 2.05) is 37.3 Å². The van der Waals surface area contributed by atoms with Gasteiger partial charge in [0.2, 0.25) is 0 Å². The third kappa shape index (κ3) is 5.13. The van der Waals surface area contributed by atoms with Gasteiger partial charge in [-0.1, -0.05) is 29.8 Å². The molecular formula is C21H26ClNO3. The van der Waals surface area contributed by atoms with E-state index in [1.165, 1.54) is 0 Å². The van der Waals surface area contributed by atoms with Crippen molar-refractivity contribution in [2.24, 2.45) is 0 Å². The molecule has 0 aromatic heterocycles. The van der Waals surface area contributed by atoms with Crippen LogP contribution >= 0.6 is 11.6 Å². The minimum atomic E-state index is -0.0666. The van der Waals surface area contributed by atoms with E-state index in [2.05, 4.69) is 17.0 Å². The number of methoxy groups -OCH3 is 1. The minimum Gasteiger partial charge on any atom is -0.497 e.